The van der Waals surface area contributed by atoms with E-state index in [2.05, 4.69) is 6.92 Å². The van der Waals surface area contributed by atoms with Gasteiger partial charge in [-0.2, -0.15) is 0 Å². The van der Waals surface area contributed by atoms with Crippen molar-refractivity contribution < 1.29 is 9.90 Å². The zero-order valence-corrected chi connectivity index (χ0v) is 11.4. The number of hydrogen-bond donors (Lipinski definition) is 1. The molecule has 0 spiro atoms. The molecule has 1 aromatic carbocycles. The van der Waals surface area contributed by atoms with E-state index < -0.39 is 0 Å². The zero-order chi connectivity index (χ0) is 13.5. The van der Waals surface area contributed by atoms with Crippen LogP contribution in [0.25, 0.3) is 0 Å². The summed E-state index contributed by atoms with van der Waals surface area (Å²) < 4.78 is 0. The summed E-state index contributed by atoms with van der Waals surface area (Å²) in [7, 11) is 0. The Morgan fingerprint density at radius 3 is 2.74 bits per heavy atom. The van der Waals surface area contributed by atoms with Crippen molar-refractivity contribution in [2.75, 3.05) is 0 Å². The molecule has 1 N–H and O–H groups in total. The molecule has 3 rings (SSSR count). The van der Waals surface area contributed by atoms with Crippen molar-refractivity contribution in [1.82, 2.24) is 4.90 Å². The Labute approximate surface area is 114 Å². The van der Waals surface area contributed by atoms with E-state index in [0.717, 1.165) is 37.7 Å². The van der Waals surface area contributed by atoms with Gasteiger partial charge in [-0.05, 0) is 51.2 Å². The van der Waals surface area contributed by atoms with Crippen LogP contribution in [-0.4, -0.2) is 33.6 Å². The monoisotopic (exact) mass is 259 g/mol. The standard InChI is InChI=1S/C16H21NO2/c1-16-10-5-8-13(14(18)9-11-16)17(16)15(19)12-6-3-2-4-7-12/h2-4,6-7,13-14,18H,5,8-11H2,1H3/t13-,14+,16+/m0/s1. The average molecular weight is 259 g/mol. The fourth-order valence-corrected chi connectivity index (χ4v) is 3.72. The predicted molar refractivity (Wildman–Crippen MR) is 73.9 cm³/mol. The molecule has 0 radical (unpaired) electrons. The summed E-state index contributed by atoms with van der Waals surface area (Å²) in [6.45, 7) is 2.17. The van der Waals surface area contributed by atoms with E-state index in [1.54, 1.807) is 0 Å². The molecular formula is C16H21NO2. The smallest absolute Gasteiger partial charge is 0.254 e. The Kier molecular flexibility index (Phi) is 3.09. The zero-order valence-electron chi connectivity index (χ0n) is 11.4. The maximum absolute atomic E-state index is 12.8. The van der Waals surface area contributed by atoms with Gasteiger partial charge in [0.2, 0.25) is 0 Å². The van der Waals surface area contributed by atoms with E-state index in [0.29, 0.717) is 0 Å². The van der Waals surface area contributed by atoms with Gasteiger partial charge in [-0.3, -0.25) is 4.79 Å². The summed E-state index contributed by atoms with van der Waals surface area (Å²) in [6.07, 6.45) is 4.45. The topological polar surface area (TPSA) is 40.5 Å². The Balaban J connectivity index is 1.95. The minimum atomic E-state index is -0.360. The molecule has 1 amide bonds. The van der Waals surface area contributed by atoms with Crippen molar-refractivity contribution >= 4 is 5.91 Å². The highest BCUT2D eigenvalue weighted by atomic mass is 16.3. The lowest BCUT2D eigenvalue weighted by atomic mass is 9.74. The van der Waals surface area contributed by atoms with Crippen LogP contribution in [0.5, 0.6) is 0 Å². The predicted octanol–water partition coefficient (Wildman–Crippen LogP) is 2.59. The summed E-state index contributed by atoms with van der Waals surface area (Å²) in [5.41, 5.74) is 0.657. The van der Waals surface area contributed by atoms with E-state index in [1.807, 2.05) is 35.2 Å². The summed E-state index contributed by atoms with van der Waals surface area (Å²) in [6, 6.07) is 9.44. The first kappa shape index (κ1) is 12.7. The van der Waals surface area contributed by atoms with Gasteiger partial charge in [-0.1, -0.05) is 18.2 Å². The molecule has 3 heteroatoms. The Hall–Kier alpha value is -1.35. The molecule has 2 aliphatic heterocycles. The summed E-state index contributed by atoms with van der Waals surface area (Å²) in [4.78, 5) is 14.8. The van der Waals surface area contributed by atoms with Crippen LogP contribution in [0.2, 0.25) is 0 Å². The lowest BCUT2D eigenvalue weighted by molar-refractivity contribution is -0.0715. The number of benzene rings is 1. The number of aliphatic hydroxyl groups excluding tert-OH is 1. The van der Waals surface area contributed by atoms with Crippen molar-refractivity contribution in [2.45, 2.75) is 56.7 Å². The minimum absolute atomic E-state index is 0.000191. The minimum Gasteiger partial charge on any atom is -0.391 e. The number of nitrogens with zero attached hydrogens (tertiary/aromatic N) is 1. The third kappa shape index (κ3) is 2.06. The first-order valence-electron chi connectivity index (χ1n) is 7.19. The van der Waals surface area contributed by atoms with Crippen LogP contribution in [0.3, 0.4) is 0 Å². The Bertz CT molecular complexity index is 473. The highest BCUT2D eigenvalue weighted by molar-refractivity contribution is 5.95. The van der Waals surface area contributed by atoms with Crippen LogP contribution in [-0.2, 0) is 0 Å². The van der Waals surface area contributed by atoms with Gasteiger partial charge in [0.15, 0.2) is 0 Å². The largest absolute Gasteiger partial charge is 0.391 e. The molecule has 102 valence electrons. The van der Waals surface area contributed by atoms with Crippen molar-refractivity contribution in [3.05, 3.63) is 35.9 Å². The second kappa shape index (κ2) is 4.64. The second-order valence-electron chi connectivity index (χ2n) is 6.10. The van der Waals surface area contributed by atoms with E-state index in [-0.39, 0.29) is 23.6 Å². The van der Waals surface area contributed by atoms with Gasteiger partial charge in [0.25, 0.3) is 5.91 Å². The van der Waals surface area contributed by atoms with Crippen molar-refractivity contribution in [3.8, 4) is 0 Å². The van der Waals surface area contributed by atoms with Crippen LogP contribution < -0.4 is 0 Å². The van der Waals surface area contributed by atoms with Gasteiger partial charge < -0.3 is 10.0 Å². The fraction of sp³-hybridized carbons (Fsp3) is 0.562. The van der Waals surface area contributed by atoms with Gasteiger partial charge in [-0.25, -0.2) is 0 Å². The van der Waals surface area contributed by atoms with Crippen LogP contribution in [0, 0.1) is 0 Å². The molecule has 2 heterocycles. The molecule has 1 aromatic rings. The molecule has 3 atom stereocenters. The number of piperidine rings is 2. The Morgan fingerprint density at radius 1 is 1.26 bits per heavy atom. The van der Waals surface area contributed by atoms with Gasteiger partial charge in [0, 0.05) is 11.1 Å². The number of amides is 1. The van der Waals surface area contributed by atoms with E-state index in [9.17, 15) is 9.90 Å². The van der Waals surface area contributed by atoms with Crippen LogP contribution in [0.15, 0.2) is 30.3 Å². The summed E-state index contributed by atoms with van der Waals surface area (Å²) >= 11 is 0. The maximum Gasteiger partial charge on any atom is 0.254 e. The van der Waals surface area contributed by atoms with Gasteiger partial charge in [-0.15, -0.1) is 0 Å². The quantitative estimate of drug-likeness (QED) is 0.842. The molecule has 0 unspecified atom stereocenters. The van der Waals surface area contributed by atoms with Gasteiger partial charge in [0.05, 0.1) is 12.1 Å². The number of carbonyl (C=O) groups is 1. The van der Waals surface area contributed by atoms with Crippen LogP contribution in [0.1, 0.15) is 49.4 Å². The number of aliphatic hydroxyl groups is 1. The fourth-order valence-electron chi connectivity index (χ4n) is 3.72. The molecule has 0 aliphatic carbocycles. The lowest BCUT2D eigenvalue weighted by Crippen LogP contribution is -2.64. The maximum atomic E-state index is 12.8. The first-order chi connectivity index (χ1) is 9.12. The number of rotatable bonds is 1. The van der Waals surface area contributed by atoms with E-state index in [1.165, 1.54) is 0 Å². The molecule has 19 heavy (non-hydrogen) atoms. The van der Waals surface area contributed by atoms with Crippen LogP contribution >= 0.6 is 0 Å². The summed E-state index contributed by atoms with van der Waals surface area (Å²) in [5.74, 6) is 0.0755. The number of fused-ring (bicyclic) bond motifs is 2. The first-order valence-corrected chi connectivity index (χ1v) is 7.19. The molecule has 3 nitrogen and oxygen atoms in total. The molecular weight excluding hydrogens is 238 g/mol. The number of carbonyl (C=O) groups excluding carboxylic acids is 1. The van der Waals surface area contributed by atoms with Crippen molar-refractivity contribution in [1.29, 1.82) is 0 Å². The highest BCUT2D eigenvalue weighted by Gasteiger charge is 2.48. The number of hydrogen-bond acceptors (Lipinski definition) is 2. The molecule has 2 saturated heterocycles. The van der Waals surface area contributed by atoms with Gasteiger partial charge >= 0.3 is 0 Å². The van der Waals surface area contributed by atoms with E-state index >= 15 is 0 Å². The van der Waals surface area contributed by atoms with Crippen LogP contribution in [0.4, 0.5) is 0 Å². The second-order valence-corrected chi connectivity index (χ2v) is 6.10. The third-order valence-electron chi connectivity index (χ3n) is 4.79. The van der Waals surface area contributed by atoms with Crippen molar-refractivity contribution in [2.24, 2.45) is 0 Å². The normalized spacial score (nSPS) is 34.1. The SMILES string of the molecule is C[C@@]12CCC[C@@H]([C@H](O)CC1)N2C(=O)c1ccccc1. The van der Waals surface area contributed by atoms with Gasteiger partial charge in [0.1, 0.15) is 0 Å². The third-order valence-corrected chi connectivity index (χ3v) is 4.79. The molecule has 0 saturated carbocycles. The highest BCUT2D eigenvalue weighted by Crippen LogP contribution is 2.42. The van der Waals surface area contributed by atoms with E-state index in [4.69, 9.17) is 0 Å². The average Bonchev–Trinajstić information content (AvgIpc) is 2.43. The summed E-state index contributed by atoms with van der Waals surface area (Å²) in [5, 5.41) is 10.2. The molecule has 2 aliphatic rings. The molecule has 2 bridgehead atoms. The molecule has 2 fully saturated rings. The Morgan fingerprint density at radius 2 is 2.00 bits per heavy atom. The lowest BCUT2D eigenvalue weighted by Gasteiger charge is -2.55. The van der Waals surface area contributed by atoms with Crippen molar-refractivity contribution in [3.63, 3.8) is 0 Å². The molecule has 0 aromatic heterocycles.